The molecule has 190 valence electrons. The van der Waals surface area contributed by atoms with Crippen LogP contribution in [0.2, 0.25) is 5.02 Å². The summed E-state index contributed by atoms with van der Waals surface area (Å²) in [4.78, 5) is 17.6. The average molecular weight is 535 g/mol. The number of aromatic nitrogens is 1. The molecule has 0 unspecified atom stereocenters. The highest BCUT2D eigenvalue weighted by atomic mass is 35.5. The fraction of sp³-hybridized carbons (Fsp3) is 0.500. The second kappa shape index (κ2) is 9.75. The van der Waals surface area contributed by atoms with E-state index in [0.29, 0.717) is 19.4 Å². The number of alkyl halides is 3. The molecule has 1 saturated carbocycles. The molecule has 2 saturated heterocycles. The van der Waals surface area contributed by atoms with Gasteiger partial charge in [-0.15, -0.1) is 12.4 Å². The van der Waals surface area contributed by atoms with E-state index in [1.54, 1.807) is 0 Å². The van der Waals surface area contributed by atoms with Crippen LogP contribution < -0.4 is 4.74 Å². The third-order valence-corrected chi connectivity index (χ3v) is 7.39. The van der Waals surface area contributed by atoms with E-state index < -0.39 is 28.5 Å². The lowest BCUT2D eigenvalue weighted by Gasteiger charge is -2.39. The average Bonchev–Trinajstić information content (AvgIpc) is 3.56. The van der Waals surface area contributed by atoms with Gasteiger partial charge < -0.3 is 9.84 Å². The molecule has 1 N–H and O–H groups in total. The lowest BCUT2D eigenvalue weighted by atomic mass is 9.95. The van der Waals surface area contributed by atoms with Crippen molar-refractivity contribution in [2.45, 2.75) is 75.4 Å². The van der Waals surface area contributed by atoms with Gasteiger partial charge in [-0.2, -0.15) is 13.2 Å². The molecule has 2 bridgehead atoms. The first-order valence-corrected chi connectivity index (χ1v) is 11.7. The molecule has 5 nitrogen and oxygen atoms in total. The summed E-state index contributed by atoms with van der Waals surface area (Å²) < 4.78 is 59.8. The van der Waals surface area contributed by atoms with E-state index in [4.69, 9.17) is 16.3 Å². The third-order valence-electron chi connectivity index (χ3n) is 7.09. The van der Waals surface area contributed by atoms with Gasteiger partial charge in [-0.25, -0.2) is 14.2 Å². The van der Waals surface area contributed by atoms with E-state index >= 15 is 0 Å². The van der Waals surface area contributed by atoms with Crippen LogP contribution in [0, 0.1) is 5.82 Å². The molecular formula is C24H24Cl2F4N2O3. The van der Waals surface area contributed by atoms with E-state index in [1.165, 1.54) is 12.1 Å². The Morgan fingerprint density at radius 1 is 1.14 bits per heavy atom. The molecular weight excluding hydrogens is 511 g/mol. The van der Waals surface area contributed by atoms with Crippen molar-refractivity contribution in [2.24, 2.45) is 0 Å². The van der Waals surface area contributed by atoms with E-state index in [9.17, 15) is 27.5 Å². The Kier molecular flexibility index (Phi) is 7.23. The molecule has 3 aliphatic rings. The van der Waals surface area contributed by atoms with Crippen LogP contribution in [0.4, 0.5) is 17.6 Å². The van der Waals surface area contributed by atoms with Gasteiger partial charge in [-0.3, -0.25) is 4.90 Å². The smallest absolute Gasteiger partial charge is 0.418 e. The SMILES string of the molecule is Cl.O=C(O)c1cc(C2CC2)c(CN2[C@@H]3CC[C@H]2C[C@H](Oc2cc(C(F)(F)F)c(Cl)cn2)C3)cc1F. The number of benzene rings is 1. The van der Waals surface area contributed by atoms with E-state index in [-0.39, 0.29) is 48.0 Å². The Morgan fingerprint density at radius 3 is 2.37 bits per heavy atom. The monoisotopic (exact) mass is 534 g/mol. The van der Waals surface area contributed by atoms with Gasteiger partial charge in [0.25, 0.3) is 0 Å². The van der Waals surface area contributed by atoms with E-state index in [0.717, 1.165) is 49.1 Å². The molecule has 35 heavy (non-hydrogen) atoms. The summed E-state index contributed by atoms with van der Waals surface area (Å²) in [6.45, 7) is 0.516. The van der Waals surface area contributed by atoms with Gasteiger partial charge in [0, 0.05) is 24.7 Å². The quantitative estimate of drug-likeness (QED) is 0.430. The second-order valence-electron chi connectivity index (χ2n) is 9.38. The number of rotatable bonds is 6. The molecule has 0 radical (unpaired) electrons. The van der Waals surface area contributed by atoms with Crippen molar-refractivity contribution in [3.8, 4) is 5.88 Å². The predicted octanol–water partition coefficient (Wildman–Crippen LogP) is 6.46. The number of carbonyl (C=O) groups is 1. The molecule has 0 amide bonds. The van der Waals surface area contributed by atoms with Crippen LogP contribution in [0.3, 0.4) is 0 Å². The molecule has 2 aromatic rings. The van der Waals surface area contributed by atoms with E-state index in [1.807, 2.05) is 0 Å². The minimum Gasteiger partial charge on any atom is -0.478 e. The van der Waals surface area contributed by atoms with Crippen LogP contribution >= 0.6 is 24.0 Å². The Balaban J connectivity index is 0.00000289. The van der Waals surface area contributed by atoms with Crippen LogP contribution in [0.15, 0.2) is 24.4 Å². The number of halogens is 6. The maximum atomic E-state index is 14.5. The van der Waals surface area contributed by atoms with E-state index in [2.05, 4.69) is 9.88 Å². The van der Waals surface area contributed by atoms with Crippen LogP contribution in [-0.4, -0.2) is 39.1 Å². The Hall–Kier alpha value is -2.10. The van der Waals surface area contributed by atoms with Crippen molar-refractivity contribution >= 4 is 30.0 Å². The molecule has 3 heterocycles. The molecule has 0 spiro atoms. The van der Waals surface area contributed by atoms with Crippen molar-refractivity contribution < 1.29 is 32.2 Å². The Morgan fingerprint density at radius 2 is 1.80 bits per heavy atom. The number of hydrogen-bond donors (Lipinski definition) is 1. The zero-order valence-corrected chi connectivity index (χ0v) is 20.1. The fourth-order valence-corrected chi connectivity index (χ4v) is 5.56. The number of fused-ring (bicyclic) bond motifs is 2. The zero-order chi connectivity index (χ0) is 24.2. The molecule has 2 aliphatic heterocycles. The predicted molar refractivity (Wildman–Crippen MR) is 123 cm³/mol. The Bertz CT molecular complexity index is 1110. The molecule has 3 fully saturated rings. The van der Waals surface area contributed by atoms with Crippen molar-refractivity contribution in [3.63, 3.8) is 0 Å². The molecule has 1 aliphatic carbocycles. The number of piperidine rings is 1. The normalized spacial score (nSPS) is 24.2. The van der Waals surface area contributed by atoms with Crippen LogP contribution in [0.5, 0.6) is 5.88 Å². The largest absolute Gasteiger partial charge is 0.478 e. The summed E-state index contributed by atoms with van der Waals surface area (Å²) in [7, 11) is 0. The summed E-state index contributed by atoms with van der Waals surface area (Å²) in [6.07, 6.45) is 1.10. The summed E-state index contributed by atoms with van der Waals surface area (Å²) >= 11 is 5.65. The van der Waals surface area contributed by atoms with Gasteiger partial charge in [-0.1, -0.05) is 11.6 Å². The topological polar surface area (TPSA) is 62.7 Å². The number of nitrogens with zero attached hydrogens (tertiary/aromatic N) is 2. The lowest BCUT2D eigenvalue weighted by molar-refractivity contribution is -0.137. The summed E-state index contributed by atoms with van der Waals surface area (Å²) in [6, 6.07) is 3.97. The van der Waals surface area contributed by atoms with Gasteiger partial charge >= 0.3 is 12.1 Å². The lowest BCUT2D eigenvalue weighted by Crippen LogP contribution is -2.46. The number of hydrogen-bond acceptors (Lipinski definition) is 4. The summed E-state index contributed by atoms with van der Waals surface area (Å²) in [5, 5.41) is 8.82. The van der Waals surface area contributed by atoms with Gasteiger partial charge in [0.05, 0.1) is 22.3 Å². The maximum Gasteiger partial charge on any atom is 0.418 e. The highest BCUT2D eigenvalue weighted by Crippen LogP contribution is 2.45. The van der Waals surface area contributed by atoms with Crippen molar-refractivity contribution in [1.29, 1.82) is 0 Å². The molecule has 11 heteroatoms. The first-order valence-electron chi connectivity index (χ1n) is 11.3. The van der Waals surface area contributed by atoms with Gasteiger partial charge in [0.2, 0.25) is 5.88 Å². The highest BCUT2D eigenvalue weighted by molar-refractivity contribution is 6.31. The number of ether oxygens (including phenoxy) is 1. The Labute approximate surface area is 210 Å². The molecule has 5 rings (SSSR count). The van der Waals surface area contributed by atoms with Crippen LogP contribution in [0.1, 0.15) is 71.5 Å². The van der Waals surface area contributed by atoms with Crippen molar-refractivity contribution in [2.75, 3.05) is 0 Å². The number of carboxylic acids is 1. The first-order chi connectivity index (χ1) is 16.1. The number of aromatic carboxylic acids is 1. The summed E-state index contributed by atoms with van der Waals surface area (Å²) in [5.74, 6) is -1.83. The van der Waals surface area contributed by atoms with Crippen molar-refractivity contribution in [1.82, 2.24) is 9.88 Å². The van der Waals surface area contributed by atoms with Crippen LogP contribution in [-0.2, 0) is 12.7 Å². The highest BCUT2D eigenvalue weighted by Gasteiger charge is 2.43. The van der Waals surface area contributed by atoms with Gasteiger partial charge in [0.1, 0.15) is 11.9 Å². The first kappa shape index (κ1) is 26.0. The minimum atomic E-state index is -4.59. The van der Waals surface area contributed by atoms with Gasteiger partial charge in [0.15, 0.2) is 0 Å². The molecule has 1 aromatic heterocycles. The fourth-order valence-electron chi connectivity index (χ4n) is 5.35. The van der Waals surface area contributed by atoms with Crippen molar-refractivity contribution in [3.05, 3.63) is 57.5 Å². The second-order valence-corrected chi connectivity index (χ2v) is 9.79. The third kappa shape index (κ3) is 5.37. The zero-order valence-electron chi connectivity index (χ0n) is 18.5. The van der Waals surface area contributed by atoms with Crippen LogP contribution in [0.25, 0.3) is 0 Å². The maximum absolute atomic E-state index is 14.5. The summed E-state index contributed by atoms with van der Waals surface area (Å²) in [5.41, 5.74) is 0.450. The number of pyridine rings is 1. The molecule has 1 aromatic carbocycles. The standard InChI is InChI=1S/C24H23ClF4N2O3.ClH/c25-20-10-30-22(9-19(20)24(27,28)29)34-16-6-14-3-4-15(7-16)31(14)11-13-5-21(26)18(23(32)33)8-17(13)12-1-2-12;/h5,8-10,12,14-16H,1-4,6-7,11H2,(H,32,33);1H/t14-,15+,16-;. The molecule has 3 atom stereocenters. The minimum absolute atomic E-state index is 0. The van der Waals surface area contributed by atoms with Gasteiger partial charge in [-0.05, 0) is 67.7 Å². The number of carboxylic acid groups (broad SMARTS) is 1.